The monoisotopic (exact) mass is 81.0 g/mol. The average molecular weight is 81.1 g/mol. The van der Waals surface area contributed by atoms with Gasteiger partial charge in [-0.25, -0.2) is 0 Å². The highest BCUT2D eigenvalue weighted by molar-refractivity contribution is 5.13. The van der Waals surface area contributed by atoms with Crippen LogP contribution in [0.1, 0.15) is 0 Å². The number of nitrogens with one attached hydrogen (secondary N) is 1. The highest BCUT2D eigenvalue weighted by Crippen LogP contribution is 1.88. The van der Waals surface area contributed by atoms with Gasteiger partial charge >= 0.3 is 0 Å². The largest absolute Gasteiger partial charge is 0.604 e. The zero-order valence-electron chi connectivity index (χ0n) is 3.26. The first-order valence-corrected chi connectivity index (χ1v) is 1.77. The molecule has 0 aromatic carbocycles. The first-order chi connectivity index (χ1) is 3.00. The van der Waals surface area contributed by atoms with Crippen molar-refractivity contribution in [2.75, 3.05) is 0 Å². The summed E-state index contributed by atoms with van der Waals surface area (Å²) in [5, 5.41) is 0. The van der Waals surface area contributed by atoms with E-state index in [-0.39, 0.29) is 0 Å². The smallest absolute Gasteiger partial charge is 0.0171 e. The molecule has 6 heavy (non-hydrogen) atoms. The number of hydrogen-bond acceptors (Lipinski definition) is 1. The second kappa shape index (κ2) is 1.50. The molecule has 1 heterocycles. The van der Waals surface area contributed by atoms with E-state index in [0.717, 1.165) is 0 Å². The molecule has 1 aliphatic heterocycles. The molecule has 0 bridgehead atoms. The molecule has 0 saturated carbocycles. The van der Waals surface area contributed by atoms with Gasteiger partial charge in [0.05, 0.1) is 0 Å². The van der Waals surface area contributed by atoms with Gasteiger partial charge in [-0.05, 0) is 12.3 Å². The molecule has 1 rings (SSSR count). The van der Waals surface area contributed by atoms with Crippen molar-refractivity contribution in [3.05, 3.63) is 30.0 Å². The summed E-state index contributed by atoms with van der Waals surface area (Å²) >= 11 is 0. The minimum atomic E-state index is 1.69. The van der Waals surface area contributed by atoms with E-state index in [2.05, 4.69) is 10.9 Å². The molecule has 32 valence electrons. The van der Waals surface area contributed by atoms with Crippen LogP contribution in [0, 0.1) is 0 Å². The summed E-state index contributed by atoms with van der Waals surface area (Å²) in [5.74, 6) is 0. The zero-order chi connectivity index (χ0) is 4.24. The lowest BCUT2D eigenvalue weighted by Crippen LogP contribution is -1.94. The standard InChI is InChI=1S/C4H5N2/c1-2-4-6-5-3-1/h1-5H/q-1. The summed E-state index contributed by atoms with van der Waals surface area (Å²) in [4.78, 5) is 0. The Hall–Kier alpha value is -0.920. The van der Waals surface area contributed by atoms with Crippen LogP contribution in [-0.4, -0.2) is 0 Å². The Morgan fingerprint density at radius 2 is 2.33 bits per heavy atom. The zero-order valence-corrected chi connectivity index (χ0v) is 3.26. The molecule has 0 unspecified atom stereocenters. The number of hydrogen-bond donors (Lipinski definition) is 1. The normalized spacial score (nSPS) is 16.0. The molecule has 0 aromatic heterocycles. The molecule has 0 spiro atoms. The van der Waals surface area contributed by atoms with Gasteiger partial charge < -0.3 is 10.9 Å². The third-order valence-corrected chi connectivity index (χ3v) is 0.517. The fourth-order valence-electron chi connectivity index (χ4n) is 0.277. The Balaban J connectivity index is 2.46. The molecule has 0 aliphatic carbocycles. The van der Waals surface area contributed by atoms with E-state index >= 15 is 0 Å². The van der Waals surface area contributed by atoms with Crippen molar-refractivity contribution >= 4 is 0 Å². The molecule has 2 nitrogen and oxygen atoms in total. The van der Waals surface area contributed by atoms with Crippen molar-refractivity contribution in [2.45, 2.75) is 0 Å². The predicted molar refractivity (Wildman–Crippen MR) is 24.8 cm³/mol. The molecule has 0 saturated heterocycles. The number of rotatable bonds is 0. The topological polar surface area (TPSA) is 26.1 Å². The Kier molecular flexibility index (Phi) is 0.819. The summed E-state index contributed by atoms with van der Waals surface area (Å²) in [6.07, 6.45) is 7.20. The van der Waals surface area contributed by atoms with E-state index in [1.165, 1.54) is 0 Å². The fraction of sp³-hybridized carbons (Fsp3) is 0. The third kappa shape index (κ3) is 0.516. The Morgan fingerprint density at radius 3 is 2.50 bits per heavy atom. The Labute approximate surface area is 36.5 Å². The van der Waals surface area contributed by atoms with Crippen LogP contribution in [0.3, 0.4) is 0 Å². The molecule has 0 radical (unpaired) electrons. The van der Waals surface area contributed by atoms with E-state index in [1.54, 1.807) is 12.4 Å². The van der Waals surface area contributed by atoms with E-state index < -0.39 is 0 Å². The summed E-state index contributed by atoms with van der Waals surface area (Å²) < 4.78 is 0. The van der Waals surface area contributed by atoms with Crippen molar-refractivity contribution in [1.29, 1.82) is 0 Å². The number of nitrogens with zero attached hydrogens (tertiary/aromatic N) is 1. The van der Waals surface area contributed by atoms with Crippen LogP contribution in [0.2, 0.25) is 0 Å². The van der Waals surface area contributed by atoms with E-state index in [0.29, 0.717) is 0 Å². The van der Waals surface area contributed by atoms with Crippen molar-refractivity contribution in [2.24, 2.45) is 0 Å². The maximum atomic E-state index is 3.66. The molecule has 0 fully saturated rings. The SMILES string of the molecule is C1=C[N-]NC=C1. The molecule has 2 heteroatoms. The molecule has 1 aliphatic rings. The van der Waals surface area contributed by atoms with Crippen molar-refractivity contribution < 1.29 is 0 Å². The van der Waals surface area contributed by atoms with Crippen LogP contribution in [0.25, 0.3) is 5.43 Å². The first-order valence-electron chi connectivity index (χ1n) is 1.77. The quantitative estimate of drug-likeness (QED) is 0.460. The summed E-state index contributed by atoms with van der Waals surface area (Å²) in [7, 11) is 0. The second-order valence-corrected chi connectivity index (χ2v) is 0.959. The highest BCUT2D eigenvalue weighted by atomic mass is 15.3. The molecular weight excluding hydrogens is 76.1 g/mol. The maximum absolute atomic E-state index is 3.66. The van der Waals surface area contributed by atoms with Crippen LogP contribution >= 0.6 is 0 Å². The van der Waals surface area contributed by atoms with Crippen LogP contribution in [0.5, 0.6) is 0 Å². The third-order valence-electron chi connectivity index (χ3n) is 0.517. The van der Waals surface area contributed by atoms with Crippen molar-refractivity contribution in [3.63, 3.8) is 0 Å². The maximum Gasteiger partial charge on any atom is -0.0171 e. The number of allylic oxidation sites excluding steroid dienone is 2. The average Bonchev–Trinajstić information content (AvgIpc) is 1.72. The molecule has 0 amide bonds. The lowest BCUT2D eigenvalue weighted by molar-refractivity contribution is 1.12. The van der Waals surface area contributed by atoms with Crippen LogP contribution in [0.4, 0.5) is 0 Å². The minimum absolute atomic E-state index is 1.69. The molecule has 0 aromatic rings. The fourth-order valence-corrected chi connectivity index (χ4v) is 0.277. The van der Waals surface area contributed by atoms with E-state index in [9.17, 15) is 0 Å². The van der Waals surface area contributed by atoms with Gasteiger partial charge in [0.15, 0.2) is 0 Å². The summed E-state index contributed by atoms with van der Waals surface area (Å²) in [6.45, 7) is 0. The van der Waals surface area contributed by atoms with Crippen molar-refractivity contribution in [1.82, 2.24) is 5.43 Å². The van der Waals surface area contributed by atoms with E-state index in [4.69, 9.17) is 0 Å². The van der Waals surface area contributed by atoms with Crippen LogP contribution < -0.4 is 5.43 Å². The Morgan fingerprint density at radius 1 is 1.33 bits per heavy atom. The second-order valence-electron chi connectivity index (χ2n) is 0.959. The molecule has 1 N–H and O–H groups in total. The minimum Gasteiger partial charge on any atom is -0.604 e. The predicted octanol–water partition coefficient (Wildman–Crippen LogP) is 0.906. The van der Waals surface area contributed by atoms with Gasteiger partial charge in [0.25, 0.3) is 0 Å². The van der Waals surface area contributed by atoms with Gasteiger partial charge in [0, 0.05) is 0 Å². The Bertz CT molecular complexity index is 71.5. The molecular formula is C4H5N2-. The van der Waals surface area contributed by atoms with Gasteiger partial charge in [-0.15, -0.1) is 0 Å². The van der Waals surface area contributed by atoms with Gasteiger partial charge in [0.1, 0.15) is 0 Å². The van der Waals surface area contributed by atoms with E-state index in [1.807, 2.05) is 12.2 Å². The van der Waals surface area contributed by atoms with Gasteiger partial charge in [0.2, 0.25) is 0 Å². The van der Waals surface area contributed by atoms with Crippen LogP contribution in [-0.2, 0) is 0 Å². The van der Waals surface area contributed by atoms with Gasteiger partial charge in [-0.2, -0.15) is 6.20 Å². The lowest BCUT2D eigenvalue weighted by atomic mass is 10.5. The lowest BCUT2D eigenvalue weighted by Gasteiger charge is -2.16. The highest BCUT2D eigenvalue weighted by Gasteiger charge is 1.59. The summed E-state index contributed by atoms with van der Waals surface area (Å²) in [5.41, 5.74) is 6.30. The first kappa shape index (κ1) is 3.28. The van der Waals surface area contributed by atoms with Gasteiger partial charge in [-0.1, -0.05) is 6.08 Å². The van der Waals surface area contributed by atoms with Crippen molar-refractivity contribution in [3.8, 4) is 0 Å². The van der Waals surface area contributed by atoms with Crippen LogP contribution in [0.15, 0.2) is 24.6 Å². The molecule has 0 atom stereocenters. The van der Waals surface area contributed by atoms with Gasteiger partial charge in [-0.3, -0.25) is 0 Å². The summed E-state index contributed by atoms with van der Waals surface area (Å²) in [6, 6.07) is 0.